The maximum atomic E-state index is 12.2. The highest BCUT2D eigenvalue weighted by Crippen LogP contribution is 2.21. The lowest BCUT2D eigenvalue weighted by atomic mass is 10.0. The summed E-state index contributed by atoms with van der Waals surface area (Å²) in [5, 5.41) is 7.12. The molecule has 0 fully saturated rings. The molecule has 1 rings (SSSR count). The van der Waals surface area contributed by atoms with E-state index in [0.29, 0.717) is 5.69 Å². The predicted molar refractivity (Wildman–Crippen MR) is 68.6 cm³/mol. The van der Waals surface area contributed by atoms with Crippen LogP contribution in [0.15, 0.2) is 6.20 Å². The Morgan fingerprint density at radius 2 is 1.88 bits per heavy atom. The second-order valence-corrected chi connectivity index (χ2v) is 5.86. The van der Waals surface area contributed by atoms with E-state index in [0.717, 1.165) is 5.69 Å². The van der Waals surface area contributed by atoms with Crippen molar-refractivity contribution in [3.63, 3.8) is 0 Å². The van der Waals surface area contributed by atoms with Crippen LogP contribution in [-0.2, 0) is 10.3 Å². The van der Waals surface area contributed by atoms with Gasteiger partial charge in [0, 0.05) is 5.54 Å². The van der Waals surface area contributed by atoms with Gasteiger partial charge in [0.1, 0.15) is 5.54 Å². The fraction of sp³-hybridized carbons (Fsp3) is 0.667. The quantitative estimate of drug-likeness (QED) is 0.818. The second kappa shape index (κ2) is 4.05. The fourth-order valence-electron chi connectivity index (χ4n) is 1.58. The molecule has 1 aromatic heterocycles. The van der Waals surface area contributed by atoms with Crippen molar-refractivity contribution in [1.82, 2.24) is 15.1 Å². The molecule has 1 aromatic rings. The van der Waals surface area contributed by atoms with Gasteiger partial charge in [-0.05, 0) is 41.5 Å². The van der Waals surface area contributed by atoms with Crippen LogP contribution in [0.5, 0.6) is 0 Å². The van der Waals surface area contributed by atoms with E-state index in [9.17, 15) is 4.79 Å². The molecule has 5 heteroatoms. The van der Waals surface area contributed by atoms with Gasteiger partial charge in [0.25, 0.3) is 0 Å². The first-order valence-electron chi connectivity index (χ1n) is 5.69. The largest absolute Gasteiger partial charge is 0.396 e. The van der Waals surface area contributed by atoms with Crippen molar-refractivity contribution in [1.29, 1.82) is 0 Å². The van der Waals surface area contributed by atoms with Crippen molar-refractivity contribution in [2.75, 3.05) is 5.73 Å². The molecule has 1 heterocycles. The highest BCUT2D eigenvalue weighted by Gasteiger charge is 2.34. The molecule has 0 aliphatic heterocycles. The molecule has 1 amide bonds. The van der Waals surface area contributed by atoms with Crippen molar-refractivity contribution >= 4 is 11.6 Å². The summed E-state index contributed by atoms with van der Waals surface area (Å²) < 4.78 is 1.66. The molecular formula is C12H22N4O. The van der Waals surface area contributed by atoms with Gasteiger partial charge in [-0.3, -0.25) is 9.48 Å². The van der Waals surface area contributed by atoms with E-state index in [1.165, 1.54) is 0 Å². The summed E-state index contributed by atoms with van der Waals surface area (Å²) in [6.07, 6.45) is 1.57. The van der Waals surface area contributed by atoms with Crippen molar-refractivity contribution < 1.29 is 4.79 Å². The number of aromatic nitrogens is 2. The Kier molecular flexibility index (Phi) is 3.23. The molecule has 0 aliphatic rings. The Labute approximate surface area is 102 Å². The molecule has 0 saturated heterocycles. The lowest BCUT2D eigenvalue weighted by Crippen LogP contribution is -2.51. The molecule has 3 N–H and O–H groups in total. The highest BCUT2D eigenvalue weighted by molar-refractivity contribution is 5.84. The molecule has 0 saturated carbocycles. The van der Waals surface area contributed by atoms with Gasteiger partial charge in [-0.2, -0.15) is 5.10 Å². The van der Waals surface area contributed by atoms with Crippen LogP contribution in [-0.4, -0.2) is 21.2 Å². The van der Waals surface area contributed by atoms with Gasteiger partial charge in [0.05, 0.1) is 17.6 Å². The topological polar surface area (TPSA) is 72.9 Å². The third-order valence-corrected chi connectivity index (χ3v) is 2.62. The van der Waals surface area contributed by atoms with Crippen LogP contribution in [0.25, 0.3) is 0 Å². The summed E-state index contributed by atoms with van der Waals surface area (Å²) >= 11 is 0. The number of hydrogen-bond acceptors (Lipinski definition) is 3. The maximum Gasteiger partial charge on any atom is 0.247 e. The minimum atomic E-state index is -0.755. The summed E-state index contributed by atoms with van der Waals surface area (Å²) in [5.41, 5.74) is 6.14. The monoisotopic (exact) mass is 238 g/mol. The van der Waals surface area contributed by atoms with Gasteiger partial charge in [-0.1, -0.05) is 0 Å². The molecule has 0 atom stereocenters. The van der Waals surface area contributed by atoms with Crippen LogP contribution in [0, 0.1) is 6.92 Å². The fourth-order valence-corrected chi connectivity index (χ4v) is 1.58. The summed E-state index contributed by atoms with van der Waals surface area (Å²) in [5.74, 6) is -0.0730. The molecule has 0 aromatic carbocycles. The SMILES string of the molecule is Cc1c(N)cnn1C(C)(C)C(=O)NC(C)(C)C. The van der Waals surface area contributed by atoms with Gasteiger partial charge >= 0.3 is 0 Å². The summed E-state index contributed by atoms with van der Waals surface area (Å²) in [6, 6.07) is 0. The number of hydrogen-bond donors (Lipinski definition) is 2. The molecule has 0 aliphatic carbocycles. The molecule has 0 spiro atoms. The number of rotatable bonds is 2. The second-order valence-electron chi connectivity index (χ2n) is 5.86. The summed E-state index contributed by atoms with van der Waals surface area (Å²) in [7, 11) is 0. The first kappa shape index (κ1) is 13.5. The number of anilines is 1. The number of carbonyl (C=O) groups is 1. The third-order valence-electron chi connectivity index (χ3n) is 2.62. The van der Waals surface area contributed by atoms with Gasteiger partial charge in [0.15, 0.2) is 0 Å². The molecule has 96 valence electrons. The van der Waals surface area contributed by atoms with E-state index in [1.54, 1.807) is 10.9 Å². The van der Waals surface area contributed by atoms with Crippen molar-refractivity contribution in [2.24, 2.45) is 0 Å². The molecule has 0 radical (unpaired) electrons. The van der Waals surface area contributed by atoms with E-state index in [-0.39, 0.29) is 11.4 Å². The van der Waals surface area contributed by atoms with Crippen LogP contribution in [0.3, 0.4) is 0 Å². The zero-order valence-corrected chi connectivity index (χ0v) is 11.5. The number of nitrogens with one attached hydrogen (secondary N) is 1. The summed E-state index contributed by atoms with van der Waals surface area (Å²) in [4.78, 5) is 12.2. The van der Waals surface area contributed by atoms with Gasteiger partial charge in [-0.25, -0.2) is 0 Å². The van der Waals surface area contributed by atoms with Crippen LogP contribution < -0.4 is 11.1 Å². The predicted octanol–water partition coefficient (Wildman–Crippen LogP) is 1.42. The zero-order chi connectivity index (χ0) is 13.4. The van der Waals surface area contributed by atoms with E-state index in [2.05, 4.69) is 10.4 Å². The Hall–Kier alpha value is -1.52. The van der Waals surface area contributed by atoms with E-state index < -0.39 is 5.54 Å². The average Bonchev–Trinajstić information content (AvgIpc) is 2.45. The molecule has 5 nitrogen and oxygen atoms in total. The minimum absolute atomic E-state index is 0.0730. The lowest BCUT2D eigenvalue weighted by Gasteiger charge is -2.30. The van der Waals surface area contributed by atoms with Gasteiger partial charge in [0.2, 0.25) is 5.91 Å². The van der Waals surface area contributed by atoms with E-state index in [4.69, 9.17) is 5.73 Å². The number of nitrogens with two attached hydrogens (primary N) is 1. The third kappa shape index (κ3) is 2.78. The Bertz CT molecular complexity index is 426. The van der Waals surface area contributed by atoms with Crippen LogP contribution in [0.2, 0.25) is 0 Å². The lowest BCUT2D eigenvalue weighted by molar-refractivity contribution is -0.130. The van der Waals surface area contributed by atoms with Crippen LogP contribution in [0.1, 0.15) is 40.3 Å². The van der Waals surface area contributed by atoms with E-state index in [1.807, 2.05) is 41.5 Å². The minimum Gasteiger partial charge on any atom is -0.396 e. The Morgan fingerprint density at radius 3 is 2.24 bits per heavy atom. The maximum absolute atomic E-state index is 12.2. The molecule has 17 heavy (non-hydrogen) atoms. The highest BCUT2D eigenvalue weighted by atomic mass is 16.2. The van der Waals surface area contributed by atoms with Crippen molar-refractivity contribution in [3.05, 3.63) is 11.9 Å². The average molecular weight is 238 g/mol. The Balaban J connectivity index is 3.03. The Morgan fingerprint density at radius 1 is 1.35 bits per heavy atom. The molecule has 0 unspecified atom stereocenters. The van der Waals surface area contributed by atoms with Crippen molar-refractivity contribution in [2.45, 2.75) is 52.6 Å². The first-order chi connectivity index (χ1) is 7.55. The van der Waals surface area contributed by atoms with Crippen molar-refractivity contribution in [3.8, 4) is 0 Å². The number of nitrogens with zero attached hydrogens (tertiary/aromatic N) is 2. The number of amides is 1. The standard InChI is InChI=1S/C12H22N4O/c1-8-9(13)7-14-16(8)12(5,6)10(17)15-11(2,3)4/h7H,13H2,1-6H3,(H,15,17). The number of nitrogen functional groups attached to an aromatic ring is 1. The number of carbonyl (C=O) groups excluding carboxylic acids is 1. The molecular weight excluding hydrogens is 216 g/mol. The zero-order valence-electron chi connectivity index (χ0n) is 11.5. The van der Waals surface area contributed by atoms with E-state index >= 15 is 0 Å². The smallest absolute Gasteiger partial charge is 0.247 e. The van der Waals surface area contributed by atoms with Crippen LogP contribution >= 0.6 is 0 Å². The van der Waals surface area contributed by atoms with Gasteiger partial charge in [-0.15, -0.1) is 0 Å². The molecule has 0 bridgehead atoms. The van der Waals surface area contributed by atoms with Crippen LogP contribution in [0.4, 0.5) is 5.69 Å². The first-order valence-corrected chi connectivity index (χ1v) is 5.69. The summed E-state index contributed by atoms with van der Waals surface area (Å²) in [6.45, 7) is 11.4. The van der Waals surface area contributed by atoms with Gasteiger partial charge < -0.3 is 11.1 Å². The normalized spacial score (nSPS) is 12.6.